The fraction of sp³-hybridized carbons (Fsp3) is 0.462. The van der Waals surface area contributed by atoms with E-state index in [4.69, 9.17) is 4.74 Å². The SMILES string of the molecule is CC(C)(C)c1ccccc1Oc1ncccc1Cc1nc(C(F)(F)F)c(N2CCC(CO)CC2)s1. The first-order chi connectivity index (χ1) is 16.6. The van der Waals surface area contributed by atoms with Crippen LogP contribution >= 0.6 is 11.3 Å². The second-order valence-electron chi connectivity index (χ2n) is 9.86. The summed E-state index contributed by atoms with van der Waals surface area (Å²) in [4.78, 5) is 10.1. The molecule has 4 rings (SSSR count). The summed E-state index contributed by atoms with van der Waals surface area (Å²) in [5.41, 5.74) is 0.688. The highest BCUT2D eigenvalue weighted by atomic mass is 32.1. The molecular weight excluding hydrogens is 475 g/mol. The van der Waals surface area contributed by atoms with Crippen LogP contribution in [0.3, 0.4) is 0 Å². The molecule has 0 amide bonds. The van der Waals surface area contributed by atoms with Crippen molar-refractivity contribution in [3.05, 3.63) is 64.4 Å². The van der Waals surface area contributed by atoms with Gasteiger partial charge in [0.1, 0.15) is 10.8 Å². The summed E-state index contributed by atoms with van der Waals surface area (Å²) in [5, 5.41) is 9.87. The first-order valence-electron chi connectivity index (χ1n) is 11.7. The molecule has 3 heterocycles. The summed E-state index contributed by atoms with van der Waals surface area (Å²) >= 11 is 1.07. The molecule has 0 atom stereocenters. The number of hydrogen-bond acceptors (Lipinski definition) is 6. The standard InChI is InChI=1S/C26H30F3N3O2S/c1-25(2,3)19-8-4-5-9-20(19)34-23-18(7-6-12-30-23)15-21-31-22(26(27,28)29)24(35-21)32-13-10-17(16-33)11-14-32/h4-9,12,17,33H,10-11,13-16H2,1-3H3. The van der Waals surface area contributed by atoms with E-state index >= 15 is 0 Å². The first kappa shape index (κ1) is 25.4. The second-order valence-corrected chi connectivity index (χ2v) is 10.9. The van der Waals surface area contributed by atoms with Gasteiger partial charge in [-0.3, -0.25) is 0 Å². The second kappa shape index (κ2) is 10.1. The molecule has 2 aromatic heterocycles. The Morgan fingerprint density at radius 1 is 1.09 bits per heavy atom. The maximum Gasteiger partial charge on any atom is 0.436 e. The molecule has 188 valence electrons. The lowest BCUT2D eigenvalue weighted by Crippen LogP contribution is -2.35. The highest BCUT2D eigenvalue weighted by molar-refractivity contribution is 7.16. The predicted octanol–water partition coefficient (Wildman–Crippen LogP) is 6.45. The average Bonchev–Trinajstić information content (AvgIpc) is 3.25. The van der Waals surface area contributed by atoms with E-state index in [1.165, 1.54) is 0 Å². The monoisotopic (exact) mass is 505 g/mol. The Balaban J connectivity index is 1.62. The van der Waals surface area contributed by atoms with E-state index < -0.39 is 11.9 Å². The van der Waals surface area contributed by atoms with Gasteiger partial charge in [-0.25, -0.2) is 9.97 Å². The van der Waals surface area contributed by atoms with Gasteiger partial charge in [-0.15, -0.1) is 11.3 Å². The van der Waals surface area contributed by atoms with Crippen LogP contribution in [0.15, 0.2) is 42.6 Å². The Bertz CT molecular complexity index is 1150. The molecule has 0 spiro atoms. The smallest absolute Gasteiger partial charge is 0.436 e. The number of thiazole rings is 1. The third-order valence-electron chi connectivity index (χ3n) is 6.18. The van der Waals surface area contributed by atoms with Crippen molar-refractivity contribution in [2.75, 3.05) is 24.6 Å². The summed E-state index contributed by atoms with van der Waals surface area (Å²) in [6.07, 6.45) is -1.43. The van der Waals surface area contributed by atoms with Crippen molar-refractivity contribution in [2.45, 2.75) is 51.6 Å². The number of nitrogens with zero attached hydrogens (tertiary/aromatic N) is 3. The van der Waals surface area contributed by atoms with Crippen LogP contribution < -0.4 is 9.64 Å². The number of hydrogen-bond donors (Lipinski definition) is 1. The molecule has 1 saturated heterocycles. The van der Waals surface area contributed by atoms with Gasteiger partial charge in [0.05, 0.1) is 5.01 Å². The normalized spacial score (nSPS) is 15.5. The fourth-order valence-electron chi connectivity index (χ4n) is 4.24. The Hall–Kier alpha value is -2.65. The summed E-state index contributed by atoms with van der Waals surface area (Å²) in [6.45, 7) is 7.28. The van der Waals surface area contributed by atoms with Crippen LogP contribution in [0.2, 0.25) is 0 Å². The van der Waals surface area contributed by atoms with E-state index in [1.807, 2.05) is 30.3 Å². The number of para-hydroxylation sites is 1. The van der Waals surface area contributed by atoms with Gasteiger partial charge in [-0.05, 0) is 36.3 Å². The quantitative estimate of drug-likeness (QED) is 0.417. The minimum atomic E-state index is -4.54. The van der Waals surface area contributed by atoms with E-state index in [2.05, 4.69) is 30.7 Å². The average molecular weight is 506 g/mol. The number of aliphatic hydroxyl groups is 1. The number of piperidine rings is 1. The van der Waals surface area contributed by atoms with Crippen LogP contribution in [0, 0.1) is 5.92 Å². The molecule has 0 radical (unpaired) electrons. The largest absolute Gasteiger partial charge is 0.438 e. The number of anilines is 1. The molecule has 5 nitrogen and oxygen atoms in total. The van der Waals surface area contributed by atoms with Crippen molar-refractivity contribution in [1.29, 1.82) is 0 Å². The lowest BCUT2D eigenvalue weighted by Gasteiger charge is -2.32. The highest BCUT2D eigenvalue weighted by Crippen LogP contribution is 2.42. The number of alkyl halides is 3. The highest BCUT2D eigenvalue weighted by Gasteiger charge is 2.40. The first-order valence-corrected chi connectivity index (χ1v) is 12.5. The lowest BCUT2D eigenvalue weighted by molar-refractivity contribution is -0.140. The molecule has 1 aliphatic heterocycles. The molecular formula is C26H30F3N3O2S. The van der Waals surface area contributed by atoms with Crippen molar-refractivity contribution in [2.24, 2.45) is 5.92 Å². The van der Waals surface area contributed by atoms with Crippen LogP contribution in [-0.4, -0.2) is 34.8 Å². The van der Waals surface area contributed by atoms with E-state index in [9.17, 15) is 18.3 Å². The minimum absolute atomic E-state index is 0.0655. The number of aliphatic hydroxyl groups excluding tert-OH is 1. The number of pyridine rings is 1. The van der Waals surface area contributed by atoms with E-state index in [0.717, 1.165) is 16.9 Å². The molecule has 3 aromatic rings. The Labute approximate surface area is 207 Å². The van der Waals surface area contributed by atoms with Crippen LogP contribution in [-0.2, 0) is 18.0 Å². The molecule has 0 unspecified atom stereocenters. The zero-order valence-corrected chi connectivity index (χ0v) is 20.9. The van der Waals surface area contributed by atoms with E-state index in [1.54, 1.807) is 17.2 Å². The predicted molar refractivity (Wildman–Crippen MR) is 131 cm³/mol. The zero-order chi connectivity index (χ0) is 25.2. The summed E-state index contributed by atoms with van der Waals surface area (Å²) < 4.78 is 47.8. The van der Waals surface area contributed by atoms with Gasteiger partial charge in [0, 0.05) is 43.4 Å². The lowest BCUT2D eigenvalue weighted by atomic mass is 9.86. The fourth-order valence-corrected chi connectivity index (χ4v) is 5.40. The molecule has 35 heavy (non-hydrogen) atoms. The van der Waals surface area contributed by atoms with Crippen LogP contribution in [0.4, 0.5) is 18.2 Å². The Morgan fingerprint density at radius 2 is 1.80 bits per heavy atom. The van der Waals surface area contributed by atoms with Gasteiger partial charge in [0.15, 0.2) is 5.69 Å². The van der Waals surface area contributed by atoms with E-state index in [0.29, 0.717) is 48.1 Å². The molecule has 1 aromatic carbocycles. The Kier molecular flexibility index (Phi) is 7.38. The Morgan fingerprint density at radius 3 is 2.46 bits per heavy atom. The van der Waals surface area contributed by atoms with Crippen molar-refractivity contribution in [3.8, 4) is 11.6 Å². The van der Waals surface area contributed by atoms with Crippen LogP contribution in [0.5, 0.6) is 11.6 Å². The van der Waals surface area contributed by atoms with Gasteiger partial charge < -0.3 is 14.7 Å². The van der Waals surface area contributed by atoms with E-state index in [-0.39, 0.29) is 29.4 Å². The van der Waals surface area contributed by atoms with Gasteiger partial charge >= 0.3 is 6.18 Å². The molecule has 0 aliphatic carbocycles. The number of halogens is 3. The van der Waals surface area contributed by atoms with Crippen LogP contribution in [0.1, 0.15) is 55.4 Å². The van der Waals surface area contributed by atoms with Gasteiger partial charge in [0.2, 0.25) is 5.88 Å². The molecule has 0 saturated carbocycles. The third-order valence-corrected chi connectivity index (χ3v) is 7.29. The number of rotatable bonds is 6. The zero-order valence-electron chi connectivity index (χ0n) is 20.1. The minimum Gasteiger partial charge on any atom is -0.438 e. The van der Waals surface area contributed by atoms with Crippen molar-refractivity contribution < 1.29 is 23.0 Å². The third kappa shape index (κ3) is 5.95. The van der Waals surface area contributed by atoms with Gasteiger partial charge in [0.25, 0.3) is 0 Å². The molecule has 0 bridgehead atoms. The van der Waals surface area contributed by atoms with Gasteiger partial charge in [-0.2, -0.15) is 13.2 Å². The summed E-state index contributed by atoms with van der Waals surface area (Å²) in [6, 6.07) is 11.3. The molecule has 1 fully saturated rings. The van der Waals surface area contributed by atoms with Crippen LogP contribution in [0.25, 0.3) is 0 Å². The summed E-state index contributed by atoms with van der Waals surface area (Å²) in [5.74, 6) is 1.17. The molecule has 1 aliphatic rings. The van der Waals surface area contributed by atoms with Gasteiger partial charge in [-0.1, -0.05) is 45.0 Å². The number of ether oxygens (including phenoxy) is 1. The number of benzene rings is 1. The van der Waals surface area contributed by atoms with Crippen molar-refractivity contribution in [3.63, 3.8) is 0 Å². The maximum absolute atomic E-state index is 13.9. The molecule has 9 heteroatoms. The maximum atomic E-state index is 13.9. The van der Waals surface area contributed by atoms with Crippen molar-refractivity contribution >= 4 is 16.3 Å². The molecule has 1 N–H and O–H groups in total. The van der Waals surface area contributed by atoms with Crippen molar-refractivity contribution in [1.82, 2.24) is 9.97 Å². The number of aromatic nitrogens is 2. The summed E-state index contributed by atoms with van der Waals surface area (Å²) in [7, 11) is 0. The topological polar surface area (TPSA) is 58.5 Å².